The number of urea groups is 1. The number of nitrogens with one attached hydrogen (secondary N) is 2. The number of H-pyrrole nitrogens is 1. The Morgan fingerprint density at radius 1 is 1.13 bits per heavy atom. The van der Waals surface area contributed by atoms with Crippen molar-refractivity contribution < 1.29 is 23.9 Å². The largest absolute Gasteiger partial charge is 0.454 e. The summed E-state index contributed by atoms with van der Waals surface area (Å²) in [7, 11) is 0. The van der Waals surface area contributed by atoms with Crippen molar-refractivity contribution in [2.24, 2.45) is 0 Å². The van der Waals surface area contributed by atoms with Crippen molar-refractivity contribution in [1.82, 2.24) is 15.2 Å². The molecule has 1 aliphatic heterocycles. The van der Waals surface area contributed by atoms with Crippen molar-refractivity contribution in [1.29, 1.82) is 0 Å². The zero-order chi connectivity index (χ0) is 22.0. The number of esters is 1. The summed E-state index contributed by atoms with van der Waals surface area (Å²) in [6, 6.07) is 11.7. The second-order valence-corrected chi connectivity index (χ2v) is 7.23. The number of hydrogen-bond donors (Lipinski definition) is 2. The fourth-order valence-electron chi connectivity index (χ4n) is 3.63. The minimum atomic E-state index is -0.651. The first-order valence-electron chi connectivity index (χ1n) is 9.94. The molecule has 0 bridgehead atoms. The number of carbonyl (C=O) groups excluding carboxylic acids is 4. The van der Waals surface area contributed by atoms with Crippen LogP contribution in [0.15, 0.2) is 48.7 Å². The van der Waals surface area contributed by atoms with Gasteiger partial charge in [0.2, 0.25) is 11.7 Å². The Kier molecular flexibility index (Phi) is 5.53. The summed E-state index contributed by atoms with van der Waals surface area (Å²) >= 11 is 0. The number of para-hydroxylation sites is 1. The number of ether oxygens (including phenoxy) is 1. The molecule has 31 heavy (non-hydrogen) atoms. The lowest BCUT2D eigenvalue weighted by Crippen LogP contribution is -2.30. The number of aromatic amines is 1. The SMILES string of the molecule is CCc1cccc2c(C(=O)COC(=O)c3cccc(CN4C(=O)CNC4=O)c3)c[nH]c12. The third-order valence-electron chi connectivity index (χ3n) is 5.26. The molecule has 0 radical (unpaired) electrons. The zero-order valence-corrected chi connectivity index (χ0v) is 16.9. The molecule has 3 aromatic rings. The molecule has 1 aromatic heterocycles. The number of rotatable bonds is 7. The smallest absolute Gasteiger partial charge is 0.338 e. The van der Waals surface area contributed by atoms with Gasteiger partial charge in [0.25, 0.3) is 0 Å². The monoisotopic (exact) mass is 419 g/mol. The van der Waals surface area contributed by atoms with Gasteiger partial charge in [-0.3, -0.25) is 14.5 Å². The van der Waals surface area contributed by atoms with Crippen LogP contribution in [0.25, 0.3) is 10.9 Å². The van der Waals surface area contributed by atoms with Crippen molar-refractivity contribution in [2.75, 3.05) is 13.2 Å². The Morgan fingerprint density at radius 2 is 1.94 bits per heavy atom. The number of fused-ring (bicyclic) bond motifs is 1. The fourth-order valence-corrected chi connectivity index (χ4v) is 3.63. The molecule has 0 unspecified atom stereocenters. The Labute approximate surface area is 178 Å². The number of benzene rings is 2. The van der Waals surface area contributed by atoms with Crippen LogP contribution in [0.2, 0.25) is 0 Å². The highest BCUT2D eigenvalue weighted by Gasteiger charge is 2.28. The molecular formula is C23H21N3O5. The van der Waals surface area contributed by atoms with E-state index in [4.69, 9.17) is 4.74 Å². The van der Waals surface area contributed by atoms with Crippen LogP contribution in [0.4, 0.5) is 4.79 Å². The predicted octanol–water partition coefficient (Wildman–Crippen LogP) is 2.82. The van der Waals surface area contributed by atoms with E-state index in [1.54, 1.807) is 30.5 Å². The standard InChI is InChI=1S/C23H21N3O5/c1-2-15-6-4-8-17-18(10-24-21(15)17)19(27)13-31-22(29)16-7-3-5-14(9-16)12-26-20(28)11-25-23(26)30/h3-10,24H,2,11-13H2,1H3,(H,25,30). The average molecular weight is 419 g/mol. The maximum atomic E-state index is 12.6. The van der Waals surface area contributed by atoms with Crippen LogP contribution >= 0.6 is 0 Å². The lowest BCUT2D eigenvalue weighted by Gasteiger charge is -2.13. The van der Waals surface area contributed by atoms with E-state index >= 15 is 0 Å². The third kappa shape index (κ3) is 4.05. The molecule has 0 aliphatic carbocycles. The normalized spacial score (nSPS) is 13.5. The summed E-state index contributed by atoms with van der Waals surface area (Å²) in [6.07, 6.45) is 2.47. The molecular weight excluding hydrogens is 398 g/mol. The molecule has 3 amide bonds. The van der Waals surface area contributed by atoms with E-state index in [0.717, 1.165) is 27.8 Å². The number of ketones is 1. The maximum Gasteiger partial charge on any atom is 0.338 e. The summed E-state index contributed by atoms with van der Waals surface area (Å²) in [5.41, 5.74) is 3.34. The number of imide groups is 1. The Morgan fingerprint density at radius 3 is 2.68 bits per heavy atom. The number of amides is 3. The minimum Gasteiger partial charge on any atom is -0.454 e. The predicted molar refractivity (Wildman–Crippen MR) is 113 cm³/mol. The van der Waals surface area contributed by atoms with E-state index in [0.29, 0.717) is 11.1 Å². The zero-order valence-electron chi connectivity index (χ0n) is 16.9. The summed E-state index contributed by atoms with van der Waals surface area (Å²) in [5.74, 6) is -1.28. The van der Waals surface area contributed by atoms with Gasteiger partial charge in [-0.1, -0.05) is 37.3 Å². The summed E-state index contributed by atoms with van der Waals surface area (Å²) in [4.78, 5) is 52.7. The average Bonchev–Trinajstić information content (AvgIpc) is 3.36. The van der Waals surface area contributed by atoms with Crippen LogP contribution < -0.4 is 5.32 Å². The van der Waals surface area contributed by atoms with E-state index in [2.05, 4.69) is 10.3 Å². The minimum absolute atomic E-state index is 0.0315. The maximum absolute atomic E-state index is 12.6. The van der Waals surface area contributed by atoms with Gasteiger partial charge in [0.1, 0.15) is 0 Å². The van der Waals surface area contributed by atoms with Gasteiger partial charge in [-0.15, -0.1) is 0 Å². The molecule has 1 saturated heterocycles. The molecule has 0 spiro atoms. The van der Waals surface area contributed by atoms with E-state index in [-0.39, 0.29) is 37.0 Å². The lowest BCUT2D eigenvalue weighted by molar-refractivity contribution is -0.125. The lowest BCUT2D eigenvalue weighted by atomic mass is 10.1. The molecule has 8 heteroatoms. The Hall–Kier alpha value is -3.94. The summed E-state index contributed by atoms with van der Waals surface area (Å²) in [5, 5.41) is 3.25. The van der Waals surface area contributed by atoms with Crippen LogP contribution in [-0.4, -0.2) is 46.7 Å². The molecule has 4 rings (SSSR count). The second kappa shape index (κ2) is 8.43. The summed E-state index contributed by atoms with van der Waals surface area (Å²) in [6.45, 7) is 1.68. The Balaban J connectivity index is 1.43. The first kappa shape index (κ1) is 20.3. The fraction of sp³-hybridized carbons (Fsp3) is 0.217. The number of aromatic nitrogens is 1. The molecule has 8 nitrogen and oxygen atoms in total. The van der Waals surface area contributed by atoms with Crippen LogP contribution in [0.1, 0.15) is 38.8 Å². The summed E-state index contributed by atoms with van der Waals surface area (Å²) < 4.78 is 5.22. The van der Waals surface area contributed by atoms with Crippen LogP contribution in [0, 0.1) is 0 Å². The highest BCUT2D eigenvalue weighted by molar-refractivity contribution is 6.09. The van der Waals surface area contributed by atoms with Gasteiger partial charge < -0.3 is 15.0 Å². The van der Waals surface area contributed by atoms with E-state index in [9.17, 15) is 19.2 Å². The van der Waals surface area contributed by atoms with E-state index in [1.165, 1.54) is 0 Å². The van der Waals surface area contributed by atoms with Crippen LogP contribution in [0.5, 0.6) is 0 Å². The molecule has 1 aliphatic rings. The van der Waals surface area contributed by atoms with Gasteiger partial charge in [0.05, 0.1) is 18.7 Å². The number of carbonyl (C=O) groups is 4. The number of aryl methyl sites for hydroxylation is 1. The molecule has 2 aromatic carbocycles. The van der Waals surface area contributed by atoms with Gasteiger partial charge >= 0.3 is 12.0 Å². The van der Waals surface area contributed by atoms with Crippen LogP contribution in [-0.2, 0) is 22.5 Å². The number of hydrogen-bond acceptors (Lipinski definition) is 5. The highest BCUT2D eigenvalue weighted by atomic mass is 16.5. The van der Waals surface area contributed by atoms with E-state index < -0.39 is 12.0 Å². The van der Waals surface area contributed by atoms with Gasteiger partial charge in [0, 0.05) is 22.7 Å². The molecule has 1 fully saturated rings. The van der Waals surface area contributed by atoms with Crippen molar-refractivity contribution in [3.63, 3.8) is 0 Å². The molecule has 2 heterocycles. The van der Waals surface area contributed by atoms with Gasteiger partial charge in [-0.25, -0.2) is 9.59 Å². The van der Waals surface area contributed by atoms with E-state index in [1.807, 2.05) is 25.1 Å². The highest BCUT2D eigenvalue weighted by Crippen LogP contribution is 2.23. The molecule has 2 N–H and O–H groups in total. The first-order valence-corrected chi connectivity index (χ1v) is 9.94. The Bertz CT molecular complexity index is 1180. The molecule has 0 atom stereocenters. The second-order valence-electron chi connectivity index (χ2n) is 7.23. The van der Waals surface area contributed by atoms with Gasteiger partial charge in [-0.2, -0.15) is 0 Å². The van der Waals surface area contributed by atoms with Crippen LogP contribution in [0.3, 0.4) is 0 Å². The first-order chi connectivity index (χ1) is 15.0. The van der Waals surface area contributed by atoms with Crippen molar-refractivity contribution in [3.05, 3.63) is 70.9 Å². The van der Waals surface area contributed by atoms with Gasteiger partial charge in [-0.05, 0) is 29.7 Å². The molecule has 158 valence electrons. The van der Waals surface area contributed by atoms with Crippen molar-refractivity contribution >= 4 is 34.6 Å². The number of Topliss-reactive ketones (excluding diaryl/α,β-unsaturated/α-hetero) is 1. The quantitative estimate of drug-likeness (QED) is 0.348. The third-order valence-corrected chi connectivity index (χ3v) is 5.26. The molecule has 0 saturated carbocycles. The van der Waals surface area contributed by atoms with Gasteiger partial charge in [0.15, 0.2) is 6.61 Å². The topological polar surface area (TPSA) is 109 Å². The van der Waals surface area contributed by atoms with Crippen molar-refractivity contribution in [3.8, 4) is 0 Å². The van der Waals surface area contributed by atoms with Crippen molar-refractivity contribution in [2.45, 2.75) is 19.9 Å². The number of nitrogens with zero attached hydrogens (tertiary/aromatic N) is 1.